The van der Waals surface area contributed by atoms with Crippen LogP contribution in [0.1, 0.15) is 10.4 Å². The number of aliphatic hydroxyl groups is 1. The molecular formula is C20H23N5O2. The number of hydrogen-bond donors (Lipinski definition) is 3. The lowest BCUT2D eigenvalue weighted by Crippen LogP contribution is -2.49. The van der Waals surface area contributed by atoms with Gasteiger partial charge in [0.1, 0.15) is 0 Å². The van der Waals surface area contributed by atoms with E-state index in [9.17, 15) is 4.79 Å². The number of nitrogens with one attached hydrogen (secondary N) is 1. The maximum Gasteiger partial charge on any atom is 0.253 e. The molecule has 7 heteroatoms. The number of aromatic amines is 1. The molecule has 140 valence electrons. The SMILES string of the molecule is Nc1n[nH]c2ccc(-c3ccc(C(=O)N4CCN(CCO)CC4)cc3)cc12. The number of β-amino-alcohol motifs (C(OH)–C–C–N with tert-alkyl or cyclic N) is 1. The van der Waals surface area contributed by atoms with E-state index in [1.165, 1.54) is 0 Å². The van der Waals surface area contributed by atoms with Gasteiger partial charge in [-0.05, 0) is 35.4 Å². The van der Waals surface area contributed by atoms with Crippen molar-refractivity contribution < 1.29 is 9.90 Å². The highest BCUT2D eigenvalue weighted by atomic mass is 16.3. The quantitative estimate of drug-likeness (QED) is 0.652. The molecule has 1 amide bonds. The largest absolute Gasteiger partial charge is 0.395 e. The summed E-state index contributed by atoms with van der Waals surface area (Å²) < 4.78 is 0. The standard InChI is InChI=1S/C20H23N5O2/c21-19-17-13-16(5-6-18(17)22-23-19)14-1-3-15(4-2-14)20(27)25-9-7-24(8-10-25)11-12-26/h1-6,13,26H,7-12H2,(H3,21,22,23). The molecule has 2 aromatic carbocycles. The molecule has 27 heavy (non-hydrogen) atoms. The van der Waals surface area contributed by atoms with Gasteiger partial charge >= 0.3 is 0 Å². The number of amides is 1. The molecule has 1 aliphatic rings. The van der Waals surface area contributed by atoms with Crippen molar-refractivity contribution in [3.05, 3.63) is 48.0 Å². The van der Waals surface area contributed by atoms with Crippen LogP contribution in [0.25, 0.3) is 22.0 Å². The Morgan fingerprint density at radius 2 is 1.78 bits per heavy atom. The summed E-state index contributed by atoms with van der Waals surface area (Å²) in [6.07, 6.45) is 0. The highest BCUT2D eigenvalue weighted by Gasteiger charge is 2.21. The van der Waals surface area contributed by atoms with Crippen molar-refractivity contribution >= 4 is 22.6 Å². The second-order valence-corrected chi connectivity index (χ2v) is 6.80. The lowest BCUT2D eigenvalue weighted by Gasteiger charge is -2.34. The average molecular weight is 365 g/mol. The van der Waals surface area contributed by atoms with Crippen LogP contribution in [0.15, 0.2) is 42.5 Å². The predicted molar refractivity (Wildman–Crippen MR) is 105 cm³/mol. The second-order valence-electron chi connectivity index (χ2n) is 6.80. The summed E-state index contributed by atoms with van der Waals surface area (Å²) in [7, 11) is 0. The van der Waals surface area contributed by atoms with Gasteiger partial charge in [0.05, 0.1) is 12.1 Å². The number of aromatic nitrogens is 2. The summed E-state index contributed by atoms with van der Waals surface area (Å²) in [6.45, 7) is 3.81. The van der Waals surface area contributed by atoms with Gasteiger partial charge < -0.3 is 15.7 Å². The van der Waals surface area contributed by atoms with E-state index in [1.807, 2.05) is 47.4 Å². The van der Waals surface area contributed by atoms with Gasteiger partial charge in [0.25, 0.3) is 5.91 Å². The molecule has 1 aromatic heterocycles. The Morgan fingerprint density at radius 3 is 2.48 bits per heavy atom. The molecule has 0 bridgehead atoms. The molecule has 0 atom stereocenters. The number of piperazine rings is 1. The maximum absolute atomic E-state index is 12.7. The number of fused-ring (bicyclic) bond motifs is 1. The summed E-state index contributed by atoms with van der Waals surface area (Å²) in [4.78, 5) is 16.8. The van der Waals surface area contributed by atoms with Gasteiger partial charge in [-0.3, -0.25) is 14.8 Å². The van der Waals surface area contributed by atoms with Crippen molar-refractivity contribution in [2.24, 2.45) is 0 Å². The first-order valence-electron chi connectivity index (χ1n) is 9.12. The number of benzene rings is 2. The number of anilines is 1. The first-order valence-corrected chi connectivity index (χ1v) is 9.12. The molecule has 4 rings (SSSR count). The van der Waals surface area contributed by atoms with E-state index in [0.717, 1.165) is 35.1 Å². The van der Waals surface area contributed by atoms with Gasteiger partial charge in [-0.1, -0.05) is 18.2 Å². The molecule has 0 unspecified atom stereocenters. The number of nitrogen functional groups attached to an aromatic ring is 1. The van der Waals surface area contributed by atoms with Gasteiger partial charge in [0.15, 0.2) is 5.82 Å². The Bertz CT molecular complexity index is 943. The van der Waals surface area contributed by atoms with Crippen LogP contribution in [0.4, 0.5) is 5.82 Å². The topological polar surface area (TPSA) is 98.5 Å². The highest BCUT2D eigenvalue weighted by Crippen LogP contribution is 2.26. The molecule has 1 saturated heterocycles. The maximum atomic E-state index is 12.7. The van der Waals surface area contributed by atoms with Crippen LogP contribution in [0.3, 0.4) is 0 Å². The summed E-state index contributed by atoms with van der Waals surface area (Å²) in [5, 5.41) is 16.8. The van der Waals surface area contributed by atoms with Crippen LogP contribution in [0, 0.1) is 0 Å². The smallest absolute Gasteiger partial charge is 0.253 e. The molecule has 0 saturated carbocycles. The minimum atomic E-state index is 0.0553. The molecule has 0 spiro atoms. The van der Waals surface area contributed by atoms with Gasteiger partial charge in [-0.15, -0.1) is 0 Å². The molecule has 0 aliphatic carbocycles. The van der Waals surface area contributed by atoms with E-state index in [-0.39, 0.29) is 12.5 Å². The zero-order chi connectivity index (χ0) is 18.8. The van der Waals surface area contributed by atoms with Gasteiger partial charge in [-0.25, -0.2) is 0 Å². The Kier molecular flexibility index (Phi) is 4.79. The molecule has 1 fully saturated rings. The van der Waals surface area contributed by atoms with Crippen molar-refractivity contribution in [1.82, 2.24) is 20.0 Å². The monoisotopic (exact) mass is 365 g/mol. The molecule has 1 aliphatic heterocycles. The van der Waals surface area contributed by atoms with Crippen LogP contribution in [0.5, 0.6) is 0 Å². The van der Waals surface area contributed by atoms with Crippen molar-refractivity contribution in [3.63, 3.8) is 0 Å². The van der Waals surface area contributed by atoms with E-state index in [2.05, 4.69) is 15.1 Å². The zero-order valence-electron chi connectivity index (χ0n) is 15.1. The van der Waals surface area contributed by atoms with Crippen molar-refractivity contribution in [2.45, 2.75) is 0 Å². The van der Waals surface area contributed by atoms with Crippen molar-refractivity contribution in [2.75, 3.05) is 45.1 Å². The van der Waals surface area contributed by atoms with Crippen LogP contribution in [0.2, 0.25) is 0 Å². The first kappa shape index (κ1) is 17.5. The molecular weight excluding hydrogens is 342 g/mol. The summed E-state index contributed by atoms with van der Waals surface area (Å²) in [5.41, 5.74) is 9.55. The fraction of sp³-hybridized carbons (Fsp3) is 0.300. The molecule has 2 heterocycles. The van der Waals surface area contributed by atoms with Crippen LogP contribution in [-0.4, -0.2) is 70.3 Å². The Labute approximate surface area is 157 Å². The van der Waals surface area contributed by atoms with Crippen LogP contribution in [-0.2, 0) is 0 Å². The van der Waals surface area contributed by atoms with E-state index in [1.54, 1.807) is 0 Å². The summed E-state index contributed by atoms with van der Waals surface area (Å²) >= 11 is 0. The lowest BCUT2D eigenvalue weighted by atomic mass is 10.0. The predicted octanol–water partition coefficient (Wildman–Crippen LogP) is 1.56. The number of H-pyrrole nitrogens is 1. The number of carbonyl (C=O) groups excluding carboxylic acids is 1. The molecule has 0 radical (unpaired) electrons. The van der Waals surface area contributed by atoms with Crippen LogP contribution < -0.4 is 5.73 Å². The first-order chi connectivity index (χ1) is 13.2. The summed E-state index contributed by atoms with van der Waals surface area (Å²) in [5.74, 6) is 0.540. The highest BCUT2D eigenvalue weighted by molar-refractivity contribution is 5.95. The van der Waals surface area contributed by atoms with Gasteiger partial charge in [-0.2, -0.15) is 5.10 Å². The number of aliphatic hydroxyl groups excluding tert-OH is 1. The third-order valence-corrected chi connectivity index (χ3v) is 5.13. The average Bonchev–Trinajstić information content (AvgIpc) is 3.09. The second kappa shape index (κ2) is 7.38. The van der Waals surface area contributed by atoms with Gasteiger partial charge in [0, 0.05) is 43.7 Å². The van der Waals surface area contributed by atoms with Crippen molar-refractivity contribution in [1.29, 1.82) is 0 Å². The van der Waals surface area contributed by atoms with Crippen molar-refractivity contribution in [3.8, 4) is 11.1 Å². The number of hydrogen-bond acceptors (Lipinski definition) is 5. The molecule has 3 aromatic rings. The third-order valence-electron chi connectivity index (χ3n) is 5.13. The fourth-order valence-electron chi connectivity index (χ4n) is 3.52. The lowest BCUT2D eigenvalue weighted by molar-refractivity contribution is 0.0615. The zero-order valence-corrected chi connectivity index (χ0v) is 15.1. The molecule has 7 nitrogen and oxygen atoms in total. The van der Waals surface area contributed by atoms with Gasteiger partial charge in [0.2, 0.25) is 0 Å². The number of carbonyl (C=O) groups is 1. The Hall–Kier alpha value is -2.90. The number of nitrogens with zero attached hydrogens (tertiary/aromatic N) is 3. The summed E-state index contributed by atoms with van der Waals surface area (Å²) in [6, 6.07) is 13.7. The van der Waals surface area contributed by atoms with E-state index >= 15 is 0 Å². The Balaban J connectivity index is 1.48. The minimum Gasteiger partial charge on any atom is -0.395 e. The minimum absolute atomic E-state index is 0.0553. The van der Waals surface area contributed by atoms with E-state index in [0.29, 0.717) is 31.0 Å². The number of rotatable bonds is 4. The Morgan fingerprint density at radius 1 is 1.07 bits per heavy atom. The normalized spacial score (nSPS) is 15.4. The third kappa shape index (κ3) is 3.51. The molecule has 4 N–H and O–H groups in total. The van der Waals surface area contributed by atoms with E-state index in [4.69, 9.17) is 10.8 Å². The van der Waals surface area contributed by atoms with E-state index < -0.39 is 0 Å². The number of nitrogens with two attached hydrogens (primary N) is 1. The van der Waals surface area contributed by atoms with Crippen LogP contribution >= 0.6 is 0 Å². The fourth-order valence-corrected chi connectivity index (χ4v) is 3.52.